The fourth-order valence-corrected chi connectivity index (χ4v) is 4.01. The van der Waals surface area contributed by atoms with Crippen molar-refractivity contribution in [3.05, 3.63) is 76.7 Å². The maximum atomic E-state index is 13.2. The van der Waals surface area contributed by atoms with Gasteiger partial charge >= 0.3 is 0 Å². The van der Waals surface area contributed by atoms with Crippen molar-refractivity contribution in [3.8, 4) is 0 Å². The van der Waals surface area contributed by atoms with Gasteiger partial charge in [0.15, 0.2) is 0 Å². The fourth-order valence-electron chi connectivity index (χ4n) is 3.80. The average Bonchev–Trinajstić information content (AvgIpc) is 2.81. The Morgan fingerprint density at radius 1 is 1.34 bits per heavy atom. The summed E-state index contributed by atoms with van der Waals surface area (Å²) in [6.07, 6.45) is 11.4. The summed E-state index contributed by atoms with van der Waals surface area (Å²) in [6, 6.07) is 8.60. The lowest BCUT2D eigenvalue weighted by Crippen LogP contribution is -2.30. The third-order valence-electron chi connectivity index (χ3n) is 5.55. The minimum Gasteiger partial charge on any atom is -0.388 e. The molecule has 0 saturated carbocycles. The molecule has 1 aliphatic rings. The van der Waals surface area contributed by atoms with Crippen molar-refractivity contribution in [1.29, 1.82) is 0 Å². The first-order valence-corrected chi connectivity index (χ1v) is 11.6. The van der Waals surface area contributed by atoms with Crippen LogP contribution in [0.4, 0.5) is 10.2 Å². The molecule has 0 spiro atoms. The number of halogens is 2. The Hall–Kier alpha value is -2.41. The summed E-state index contributed by atoms with van der Waals surface area (Å²) in [7, 11) is 1.88. The Morgan fingerprint density at radius 3 is 3.03 bits per heavy atom. The van der Waals surface area contributed by atoms with Crippen LogP contribution < -0.4 is 21.3 Å². The first-order valence-electron chi connectivity index (χ1n) is 11.3. The van der Waals surface area contributed by atoms with E-state index >= 15 is 0 Å². The molecular weight excluding hydrogens is 425 g/mol. The summed E-state index contributed by atoms with van der Waals surface area (Å²) >= 11 is 6.42. The predicted octanol–water partition coefficient (Wildman–Crippen LogP) is 4.58. The van der Waals surface area contributed by atoms with Crippen LogP contribution in [0.5, 0.6) is 0 Å². The number of rotatable bonds is 11. The van der Waals surface area contributed by atoms with E-state index in [1.54, 1.807) is 18.3 Å². The van der Waals surface area contributed by atoms with Crippen molar-refractivity contribution in [2.24, 2.45) is 5.92 Å². The number of nitrogens with one attached hydrogen (secondary N) is 4. The molecule has 5 nitrogen and oxygen atoms in total. The van der Waals surface area contributed by atoms with Gasteiger partial charge in [-0.15, -0.1) is 0 Å². The number of piperidine rings is 1. The van der Waals surface area contributed by atoms with E-state index in [0.29, 0.717) is 18.1 Å². The van der Waals surface area contributed by atoms with E-state index in [9.17, 15) is 4.39 Å². The number of hydrogen-bond acceptors (Lipinski definition) is 5. The van der Waals surface area contributed by atoms with E-state index in [-0.39, 0.29) is 5.82 Å². The molecule has 1 unspecified atom stereocenters. The Kier molecular flexibility index (Phi) is 10.0. The van der Waals surface area contributed by atoms with E-state index in [4.69, 9.17) is 11.6 Å². The highest BCUT2D eigenvalue weighted by Gasteiger charge is 2.13. The molecule has 1 atom stereocenters. The van der Waals surface area contributed by atoms with E-state index in [1.807, 2.05) is 37.4 Å². The van der Waals surface area contributed by atoms with E-state index in [2.05, 4.69) is 26.3 Å². The summed E-state index contributed by atoms with van der Waals surface area (Å²) in [6.45, 7) is 4.44. The highest BCUT2D eigenvalue weighted by Crippen LogP contribution is 2.24. The molecule has 32 heavy (non-hydrogen) atoms. The monoisotopic (exact) mass is 457 g/mol. The lowest BCUT2D eigenvalue weighted by Gasteiger charge is -2.22. The van der Waals surface area contributed by atoms with E-state index in [1.165, 1.54) is 18.9 Å². The zero-order chi connectivity index (χ0) is 22.6. The van der Waals surface area contributed by atoms with Crippen LogP contribution in [0.15, 0.2) is 54.8 Å². The van der Waals surface area contributed by atoms with Crippen molar-refractivity contribution < 1.29 is 4.39 Å². The van der Waals surface area contributed by atoms with Gasteiger partial charge in [0.1, 0.15) is 11.6 Å². The van der Waals surface area contributed by atoms with Gasteiger partial charge in [0.25, 0.3) is 0 Å². The van der Waals surface area contributed by atoms with Crippen LogP contribution >= 0.6 is 11.6 Å². The van der Waals surface area contributed by atoms with Gasteiger partial charge < -0.3 is 21.3 Å². The number of hydrogen-bond donors (Lipinski definition) is 4. The molecule has 7 heteroatoms. The second-order valence-electron chi connectivity index (χ2n) is 8.00. The van der Waals surface area contributed by atoms with Crippen molar-refractivity contribution in [2.75, 3.05) is 38.5 Å². The largest absolute Gasteiger partial charge is 0.388 e. The fraction of sp³-hybridized carbons (Fsp3) is 0.400. The highest BCUT2D eigenvalue weighted by atomic mass is 35.5. The van der Waals surface area contributed by atoms with Crippen molar-refractivity contribution in [2.45, 2.75) is 25.8 Å². The van der Waals surface area contributed by atoms with Crippen molar-refractivity contribution in [1.82, 2.24) is 20.9 Å². The number of anilines is 1. The molecule has 1 aromatic heterocycles. The molecular formula is C25H33ClFN5. The zero-order valence-electron chi connectivity index (χ0n) is 18.6. The SMILES string of the molecule is CN/C(=C\C=C/CNCc1cccc(F)c1)c1cc(NCCC2CCCNC2)ncc1Cl. The van der Waals surface area contributed by atoms with Gasteiger partial charge in [0.05, 0.1) is 5.02 Å². The molecule has 1 saturated heterocycles. The van der Waals surface area contributed by atoms with Crippen LogP contribution in [0.25, 0.3) is 5.70 Å². The van der Waals surface area contributed by atoms with Gasteiger partial charge in [-0.3, -0.25) is 0 Å². The molecule has 3 rings (SSSR count). The van der Waals surface area contributed by atoms with Crippen LogP contribution in [0.3, 0.4) is 0 Å². The summed E-state index contributed by atoms with van der Waals surface area (Å²) in [5.74, 6) is 1.35. The first-order chi connectivity index (χ1) is 15.7. The number of allylic oxidation sites excluding steroid dienone is 2. The quantitative estimate of drug-likeness (QED) is 0.294. The second kappa shape index (κ2) is 13.2. The smallest absolute Gasteiger partial charge is 0.126 e. The van der Waals surface area contributed by atoms with Crippen LogP contribution in [-0.2, 0) is 6.54 Å². The first kappa shape index (κ1) is 24.2. The lowest BCUT2D eigenvalue weighted by atomic mass is 9.96. The Labute approximate surface area is 195 Å². The molecule has 2 heterocycles. The average molecular weight is 458 g/mol. The molecule has 4 N–H and O–H groups in total. The van der Waals surface area contributed by atoms with Gasteiger partial charge in [0, 0.05) is 44.1 Å². The normalized spacial score (nSPS) is 17.0. The highest BCUT2D eigenvalue weighted by molar-refractivity contribution is 6.32. The Balaban J connectivity index is 1.51. The van der Waals surface area contributed by atoms with Gasteiger partial charge in [0.2, 0.25) is 0 Å². The molecule has 1 aliphatic heterocycles. The van der Waals surface area contributed by atoms with Crippen molar-refractivity contribution >= 4 is 23.1 Å². The number of benzene rings is 1. The topological polar surface area (TPSA) is 61.0 Å². The molecule has 0 amide bonds. The third-order valence-corrected chi connectivity index (χ3v) is 5.85. The van der Waals surface area contributed by atoms with E-state index < -0.39 is 0 Å². The third kappa shape index (κ3) is 7.93. The van der Waals surface area contributed by atoms with Crippen LogP contribution in [0.2, 0.25) is 5.02 Å². The number of aromatic nitrogens is 1. The summed E-state index contributed by atoms with van der Waals surface area (Å²) in [4.78, 5) is 4.43. The molecule has 1 fully saturated rings. The Bertz CT molecular complexity index is 909. The lowest BCUT2D eigenvalue weighted by molar-refractivity contribution is 0.364. The summed E-state index contributed by atoms with van der Waals surface area (Å²) in [5, 5.41) is 14.0. The zero-order valence-corrected chi connectivity index (χ0v) is 19.4. The van der Waals surface area contributed by atoms with Gasteiger partial charge in [-0.1, -0.05) is 35.9 Å². The summed E-state index contributed by atoms with van der Waals surface area (Å²) in [5.41, 5.74) is 2.75. The number of pyridine rings is 1. The molecule has 2 aromatic rings. The maximum absolute atomic E-state index is 13.2. The van der Waals surface area contributed by atoms with Gasteiger partial charge in [-0.25, -0.2) is 9.37 Å². The minimum absolute atomic E-state index is 0.212. The van der Waals surface area contributed by atoms with Crippen LogP contribution in [-0.4, -0.2) is 38.2 Å². The molecule has 0 aliphatic carbocycles. The molecule has 172 valence electrons. The Morgan fingerprint density at radius 2 is 2.25 bits per heavy atom. The predicted molar refractivity (Wildman–Crippen MR) is 132 cm³/mol. The van der Waals surface area contributed by atoms with Crippen molar-refractivity contribution in [3.63, 3.8) is 0 Å². The number of nitrogens with zero attached hydrogens (tertiary/aromatic N) is 1. The maximum Gasteiger partial charge on any atom is 0.126 e. The van der Waals surface area contributed by atoms with E-state index in [0.717, 1.165) is 54.6 Å². The van der Waals surface area contributed by atoms with Gasteiger partial charge in [-0.05, 0) is 68.1 Å². The molecule has 0 bridgehead atoms. The molecule has 1 aromatic carbocycles. The van der Waals surface area contributed by atoms with Crippen LogP contribution in [0, 0.1) is 11.7 Å². The van der Waals surface area contributed by atoms with Crippen LogP contribution in [0.1, 0.15) is 30.4 Å². The molecule has 0 radical (unpaired) electrons. The standard InChI is InChI=1S/C25H33ClFN5/c1-28-24(9-2-3-11-29-17-20-6-4-8-21(27)14-20)22-15-25(32-18-23(22)26)31-13-10-19-7-5-12-30-16-19/h2-4,6,8-9,14-15,18-19,28-30H,5,7,10-13,16-17H2,1H3,(H,31,32)/b3-2-,24-9-. The van der Waals surface area contributed by atoms with Gasteiger partial charge in [-0.2, -0.15) is 0 Å². The second-order valence-corrected chi connectivity index (χ2v) is 8.40. The minimum atomic E-state index is -0.212. The summed E-state index contributed by atoms with van der Waals surface area (Å²) < 4.78 is 13.2.